The maximum Gasteiger partial charge on any atom is 0.242 e. The second kappa shape index (κ2) is 6.89. The number of ether oxygens (including phenoxy) is 2. The smallest absolute Gasteiger partial charge is 0.242 e. The van der Waals surface area contributed by atoms with Crippen molar-refractivity contribution in [3.05, 3.63) is 48.0 Å². The number of rotatable bonds is 4. The molecule has 5 heteroatoms. The van der Waals surface area contributed by atoms with E-state index in [0.29, 0.717) is 0 Å². The molecule has 5 nitrogen and oxygen atoms in total. The van der Waals surface area contributed by atoms with Crippen molar-refractivity contribution in [2.24, 2.45) is 0 Å². The van der Waals surface area contributed by atoms with Gasteiger partial charge in [-0.2, -0.15) is 0 Å². The van der Waals surface area contributed by atoms with E-state index in [4.69, 9.17) is 9.47 Å². The molecular formula is C22H26N2O3. The maximum atomic E-state index is 12.6. The third-order valence-corrected chi connectivity index (χ3v) is 5.95. The minimum Gasteiger partial charge on any atom is -0.497 e. The van der Waals surface area contributed by atoms with Crippen molar-refractivity contribution in [2.75, 3.05) is 27.8 Å². The number of likely N-dealkylation sites (N-methyl/N-ethyl adjacent to an activating group) is 1. The van der Waals surface area contributed by atoms with Crippen molar-refractivity contribution in [1.82, 2.24) is 10.2 Å². The van der Waals surface area contributed by atoms with Gasteiger partial charge in [-0.25, -0.2) is 0 Å². The van der Waals surface area contributed by atoms with Crippen molar-refractivity contribution in [2.45, 2.75) is 30.8 Å². The minimum atomic E-state index is -0.368. The van der Waals surface area contributed by atoms with Crippen LogP contribution < -0.4 is 14.8 Å². The Labute approximate surface area is 160 Å². The Balaban J connectivity index is 1.62. The lowest BCUT2D eigenvalue weighted by molar-refractivity contribution is -0.131. The summed E-state index contributed by atoms with van der Waals surface area (Å²) in [5.41, 5.74) is 2.98. The molecule has 142 valence electrons. The van der Waals surface area contributed by atoms with Gasteiger partial charge in [-0.05, 0) is 48.6 Å². The number of nitrogens with one attached hydrogen (secondary N) is 1. The van der Waals surface area contributed by atoms with Crippen molar-refractivity contribution in [3.63, 3.8) is 0 Å². The monoisotopic (exact) mass is 366 g/mol. The van der Waals surface area contributed by atoms with Gasteiger partial charge in [0.05, 0.1) is 14.2 Å². The van der Waals surface area contributed by atoms with Crippen LogP contribution in [-0.4, -0.2) is 44.2 Å². The molecular weight excluding hydrogens is 340 g/mol. The number of methoxy groups -OCH3 is 2. The number of carbonyl (C=O) groups is 1. The molecule has 4 rings (SSSR count). The molecule has 27 heavy (non-hydrogen) atoms. The van der Waals surface area contributed by atoms with E-state index in [1.54, 1.807) is 14.2 Å². The van der Waals surface area contributed by atoms with Crippen LogP contribution in [0.5, 0.6) is 11.5 Å². The van der Waals surface area contributed by atoms with Crippen LogP contribution >= 0.6 is 0 Å². The number of benzene rings is 2. The molecule has 1 amide bonds. The van der Waals surface area contributed by atoms with Gasteiger partial charge in [0.15, 0.2) is 0 Å². The molecule has 0 radical (unpaired) electrons. The Morgan fingerprint density at radius 1 is 1.11 bits per heavy atom. The molecule has 0 bridgehead atoms. The van der Waals surface area contributed by atoms with Gasteiger partial charge in [-0.15, -0.1) is 0 Å². The van der Waals surface area contributed by atoms with Crippen molar-refractivity contribution in [3.8, 4) is 22.6 Å². The molecule has 2 aliphatic heterocycles. The first-order valence-corrected chi connectivity index (χ1v) is 9.42. The van der Waals surface area contributed by atoms with Gasteiger partial charge in [0.25, 0.3) is 0 Å². The summed E-state index contributed by atoms with van der Waals surface area (Å²) >= 11 is 0. The first-order valence-electron chi connectivity index (χ1n) is 9.42. The molecule has 1 spiro atoms. The first-order chi connectivity index (χ1) is 13.1. The lowest BCUT2D eigenvalue weighted by atomic mass is 9.95. The van der Waals surface area contributed by atoms with Crippen LogP contribution in [0.4, 0.5) is 0 Å². The molecule has 0 unspecified atom stereocenters. The van der Waals surface area contributed by atoms with Crippen LogP contribution in [0.25, 0.3) is 11.1 Å². The standard InChI is InChI=1S/C22H26N2O3/c1-24-12-11-22(21(24)25)10-9-19(23-22)16-6-4-5-15(13-16)18-8-7-17(26-2)14-20(18)27-3/h4-8,13-14,19,23H,9-12H2,1-3H3/t19-,22-/m1/s1. The largest absolute Gasteiger partial charge is 0.497 e. The van der Waals surface area contributed by atoms with Crippen LogP contribution in [0.3, 0.4) is 0 Å². The summed E-state index contributed by atoms with van der Waals surface area (Å²) in [6.45, 7) is 0.835. The third-order valence-electron chi connectivity index (χ3n) is 5.95. The zero-order valence-corrected chi connectivity index (χ0v) is 16.1. The molecule has 2 saturated heterocycles. The van der Waals surface area contributed by atoms with E-state index >= 15 is 0 Å². The Kier molecular flexibility index (Phi) is 4.56. The summed E-state index contributed by atoms with van der Waals surface area (Å²) in [5, 5.41) is 3.65. The van der Waals surface area contributed by atoms with E-state index in [1.807, 2.05) is 30.1 Å². The average Bonchev–Trinajstić information content (AvgIpc) is 3.27. The molecule has 0 aliphatic carbocycles. The van der Waals surface area contributed by atoms with Gasteiger partial charge in [0.2, 0.25) is 5.91 Å². The predicted molar refractivity (Wildman–Crippen MR) is 105 cm³/mol. The van der Waals surface area contributed by atoms with Gasteiger partial charge < -0.3 is 14.4 Å². The minimum absolute atomic E-state index is 0.199. The molecule has 2 aromatic carbocycles. The second-order valence-corrected chi connectivity index (χ2v) is 7.49. The van der Waals surface area contributed by atoms with E-state index in [1.165, 1.54) is 5.56 Å². The molecule has 0 saturated carbocycles. The van der Waals surface area contributed by atoms with E-state index in [2.05, 4.69) is 29.6 Å². The lowest BCUT2D eigenvalue weighted by Gasteiger charge is -2.23. The van der Waals surface area contributed by atoms with Crippen LogP contribution in [0.15, 0.2) is 42.5 Å². The topological polar surface area (TPSA) is 50.8 Å². The molecule has 2 atom stereocenters. The number of carbonyl (C=O) groups excluding carboxylic acids is 1. The van der Waals surface area contributed by atoms with Gasteiger partial charge in [-0.1, -0.05) is 18.2 Å². The third kappa shape index (κ3) is 3.06. The summed E-state index contributed by atoms with van der Waals surface area (Å²) in [6, 6.07) is 14.6. The van der Waals surface area contributed by atoms with Gasteiger partial charge >= 0.3 is 0 Å². The molecule has 2 aliphatic rings. The Bertz CT molecular complexity index is 866. The summed E-state index contributed by atoms with van der Waals surface area (Å²) in [4.78, 5) is 14.4. The van der Waals surface area contributed by atoms with Crippen LogP contribution in [0.1, 0.15) is 30.9 Å². The molecule has 1 N–H and O–H groups in total. The van der Waals surface area contributed by atoms with E-state index in [-0.39, 0.29) is 17.5 Å². The highest BCUT2D eigenvalue weighted by Crippen LogP contribution is 2.40. The van der Waals surface area contributed by atoms with Gasteiger partial charge in [-0.3, -0.25) is 10.1 Å². The average molecular weight is 366 g/mol. The van der Waals surface area contributed by atoms with E-state index < -0.39 is 0 Å². The lowest BCUT2D eigenvalue weighted by Crippen LogP contribution is -2.47. The first kappa shape index (κ1) is 17.9. The number of hydrogen-bond acceptors (Lipinski definition) is 4. The fourth-order valence-electron chi connectivity index (χ4n) is 4.38. The summed E-state index contributed by atoms with van der Waals surface area (Å²) in [7, 11) is 5.22. The second-order valence-electron chi connectivity index (χ2n) is 7.49. The molecule has 2 heterocycles. The highest BCUT2D eigenvalue weighted by atomic mass is 16.5. The zero-order valence-electron chi connectivity index (χ0n) is 16.1. The van der Waals surface area contributed by atoms with E-state index in [9.17, 15) is 4.79 Å². The highest BCUT2D eigenvalue weighted by Gasteiger charge is 2.49. The Hall–Kier alpha value is -2.53. The maximum absolute atomic E-state index is 12.6. The fraction of sp³-hybridized carbons (Fsp3) is 0.409. The predicted octanol–water partition coefficient (Wildman–Crippen LogP) is 3.40. The normalized spacial score (nSPS) is 24.6. The summed E-state index contributed by atoms with van der Waals surface area (Å²) < 4.78 is 10.9. The quantitative estimate of drug-likeness (QED) is 0.901. The number of likely N-dealkylation sites (tertiary alicyclic amines) is 1. The number of nitrogens with zero attached hydrogens (tertiary/aromatic N) is 1. The van der Waals surface area contributed by atoms with Crippen LogP contribution in [0, 0.1) is 0 Å². The SMILES string of the molecule is COc1ccc(-c2cccc([C@H]3CC[C@]4(CCN(C)C4=O)N3)c2)c(OC)c1. The summed E-state index contributed by atoms with van der Waals surface area (Å²) in [5.74, 6) is 1.79. The fourth-order valence-corrected chi connectivity index (χ4v) is 4.38. The molecule has 0 aromatic heterocycles. The van der Waals surface area contributed by atoms with Crippen molar-refractivity contribution < 1.29 is 14.3 Å². The number of hydrogen-bond donors (Lipinski definition) is 1. The zero-order chi connectivity index (χ0) is 19.0. The van der Waals surface area contributed by atoms with Crippen LogP contribution in [0.2, 0.25) is 0 Å². The molecule has 2 aromatic rings. The van der Waals surface area contributed by atoms with Gasteiger partial charge in [0.1, 0.15) is 17.0 Å². The Morgan fingerprint density at radius 3 is 2.67 bits per heavy atom. The highest BCUT2D eigenvalue weighted by molar-refractivity contribution is 5.88. The molecule has 2 fully saturated rings. The number of amides is 1. The van der Waals surface area contributed by atoms with Crippen molar-refractivity contribution >= 4 is 5.91 Å². The van der Waals surface area contributed by atoms with Gasteiger partial charge in [0, 0.05) is 31.3 Å². The van der Waals surface area contributed by atoms with Crippen molar-refractivity contribution in [1.29, 1.82) is 0 Å². The summed E-state index contributed by atoms with van der Waals surface area (Å²) in [6.07, 6.45) is 2.77. The van der Waals surface area contributed by atoms with Crippen LogP contribution in [-0.2, 0) is 4.79 Å². The Morgan fingerprint density at radius 2 is 1.96 bits per heavy atom. The van der Waals surface area contributed by atoms with E-state index in [0.717, 1.165) is 48.4 Å².